The van der Waals surface area contributed by atoms with Crippen molar-refractivity contribution in [2.75, 3.05) is 0 Å². The lowest BCUT2D eigenvalue weighted by molar-refractivity contribution is 0.837. The number of rotatable bonds is 3. The molecule has 0 fully saturated rings. The van der Waals surface area contributed by atoms with Crippen LogP contribution in [0.1, 0.15) is 182 Å². The molecule has 0 bridgehead atoms. The van der Waals surface area contributed by atoms with Gasteiger partial charge >= 0.3 is 0 Å². The van der Waals surface area contributed by atoms with Gasteiger partial charge in [-0.25, -0.2) is 0 Å². The number of hydrogen-bond acceptors (Lipinski definition) is 0. The Kier molecular flexibility index (Phi) is 14.0. The third-order valence-electron chi connectivity index (χ3n) is 14.5. The highest BCUT2D eigenvalue weighted by atomic mass is 14.3. The standard InChI is InChI=1S/2C20H28.C14H22/c1-10(2)18-14(6)13(5)16(8)19-15(7)11(3)12(4)17(9)20(18)19;1-10(2)18-15(7)16(8)19-13(5)11(3)12(4)14(6)20(19)17(18)9;1-8(2)14-12(6)10(4)9(3)11(5)13(14)7/h2*10H,1-9H3;8H,1-7H3. The van der Waals surface area contributed by atoms with Crippen molar-refractivity contribution >= 4 is 21.5 Å². The summed E-state index contributed by atoms with van der Waals surface area (Å²) >= 11 is 0. The SMILES string of the molecule is Cc1c(C)c(C)c(C(C)C)c(C)c1C.Cc1c(C)c(C)c2c(C(C)C)c(C)c(C)c(C)c2c1C.Cc1c(C)c(C)c2c(C)c(C(C)C)c(C)c(C)c2c1C. The molecule has 0 N–H and O–H groups in total. The largest absolute Gasteiger partial charge is 0.0587 e. The fraction of sp³-hybridized carbons (Fsp3) is 0.519. The fourth-order valence-corrected chi connectivity index (χ4v) is 10.0. The second kappa shape index (κ2) is 16.8. The quantitative estimate of drug-likeness (QED) is 0.174. The summed E-state index contributed by atoms with van der Waals surface area (Å²) in [5.74, 6) is 1.78. The van der Waals surface area contributed by atoms with Gasteiger partial charge in [-0.2, -0.15) is 0 Å². The summed E-state index contributed by atoms with van der Waals surface area (Å²) in [6.45, 7) is 57.0. The average Bonchev–Trinajstić information content (AvgIpc) is 3.10. The van der Waals surface area contributed by atoms with Gasteiger partial charge in [-0.3, -0.25) is 0 Å². The van der Waals surface area contributed by atoms with Crippen LogP contribution in [0, 0.1) is 132 Å². The Morgan fingerprint density at radius 2 is 0.333 bits per heavy atom. The molecule has 0 radical (unpaired) electrons. The summed E-state index contributed by atoms with van der Waals surface area (Å²) in [4.78, 5) is 0. The first-order valence-corrected chi connectivity index (χ1v) is 20.8. The van der Waals surface area contributed by atoms with Crippen LogP contribution in [0.25, 0.3) is 21.5 Å². The minimum absolute atomic E-state index is 0.567. The molecule has 294 valence electrons. The number of aryl methyl sites for hydroxylation is 7. The Labute approximate surface area is 333 Å². The maximum Gasteiger partial charge on any atom is -0.0109 e. The van der Waals surface area contributed by atoms with E-state index < -0.39 is 0 Å². The zero-order valence-corrected chi connectivity index (χ0v) is 39.7. The smallest absolute Gasteiger partial charge is 0.0109 e. The zero-order valence-electron chi connectivity index (χ0n) is 39.7. The molecular weight excluding hydrogens is 649 g/mol. The lowest BCUT2D eigenvalue weighted by Crippen LogP contribution is -2.05. The van der Waals surface area contributed by atoms with Crippen molar-refractivity contribution < 1.29 is 0 Å². The van der Waals surface area contributed by atoms with E-state index >= 15 is 0 Å². The van der Waals surface area contributed by atoms with Gasteiger partial charge in [-0.05, 0) is 293 Å². The molecule has 54 heavy (non-hydrogen) atoms. The maximum atomic E-state index is 2.32. The molecule has 0 amide bonds. The van der Waals surface area contributed by atoms with Gasteiger partial charge in [-0.15, -0.1) is 0 Å². The van der Waals surface area contributed by atoms with Crippen LogP contribution in [0.5, 0.6) is 0 Å². The third kappa shape index (κ3) is 7.58. The third-order valence-corrected chi connectivity index (χ3v) is 14.5. The summed E-state index contributed by atoms with van der Waals surface area (Å²) in [7, 11) is 0. The lowest BCUT2D eigenvalue weighted by Gasteiger charge is -2.24. The van der Waals surface area contributed by atoms with Gasteiger partial charge in [0, 0.05) is 0 Å². The molecule has 5 aromatic rings. The van der Waals surface area contributed by atoms with Crippen molar-refractivity contribution in [1.29, 1.82) is 0 Å². The molecule has 0 nitrogen and oxygen atoms in total. The molecule has 0 aliphatic heterocycles. The van der Waals surface area contributed by atoms with Crippen molar-refractivity contribution in [3.8, 4) is 0 Å². The number of hydrogen-bond donors (Lipinski definition) is 0. The first-order chi connectivity index (χ1) is 24.8. The van der Waals surface area contributed by atoms with E-state index in [4.69, 9.17) is 0 Å². The zero-order chi connectivity index (χ0) is 41.7. The predicted molar refractivity (Wildman–Crippen MR) is 247 cm³/mol. The molecule has 0 heterocycles. The Hall–Kier alpha value is -3.38. The molecule has 0 atom stereocenters. The van der Waals surface area contributed by atoms with Gasteiger partial charge < -0.3 is 0 Å². The van der Waals surface area contributed by atoms with Crippen LogP contribution in [0.4, 0.5) is 0 Å². The summed E-state index contributed by atoms with van der Waals surface area (Å²) in [5, 5.41) is 6.00. The molecule has 0 aliphatic carbocycles. The Bertz CT molecular complexity index is 2200. The van der Waals surface area contributed by atoms with E-state index in [-0.39, 0.29) is 0 Å². The van der Waals surface area contributed by atoms with Crippen LogP contribution in [-0.4, -0.2) is 0 Å². The highest BCUT2D eigenvalue weighted by molar-refractivity contribution is 5.98. The van der Waals surface area contributed by atoms with Crippen LogP contribution >= 0.6 is 0 Å². The second-order valence-electron chi connectivity index (χ2n) is 18.1. The van der Waals surface area contributed by atoms with Crippen LogP contribution in [-0.2, 0) is 0 Å². The first-order valence-electron chi connectivity index (χ1n) is 20.8. The molecule has 0 spiro atoms. The summed E-state index contributed by atoms with van der Waals surface area (Å²) < 4.78 is 0. The van der Waals surface area contributed by atoms with E-state index in [1.807, 2.05) is 0 Å². The molecule has 0 saturated heterocycles. The van der Waals surface area contributed by atoms with Gasteiger partial charge in [0.05, 0.1) is 0 Å². The molecular formula is C54H78. The van der Waals surface area contributed by atoms with E-state index in [1.165, 1.54) is 127 Å². The molecule has 0 heteroatoms. The highest BCUT2D eigenvalue weighted by Crippen LogP contribution is 2.41. The lowest BCUT2D eigenvalue weighted by atomic mass is 9.80. The van der Waals surface area contributed by atoms with Gasteiger partial charge in [-0.1, -0.05) is 41.5 Å². The van der Waals surface area contributed by atoms with Crippen molar-refractivity contribution in [3.63, 3.8) is 0 Å². The maximum absolute atomic E-state index is 2.32. The molecule has 0 unspecified atom stereocenters. The normalized spacial score (nSPS) is 11.6. The van der Waals surface area contributed by atoms with Crippen LogP contribution in [0.3, 0.4) is 0 Å². The number of benzene rings is 5. The van der Waals surface area contributed by atoms with E-state index in [0.717, 1.165) is 0 Å². The fourth-order valence-electron chi connectivity index (χ4n) is 10.0. The highest BCUT2D eigenvalue weighted by Gasteiger charge is 2.21. The summed E-state index contributed by atoms with van der Waals surface area (Å²) in [6.07, 6.45) is 0. The van der Waals surface area contributed by atoms with E-state index in [0.29, 0.717) is 17.8 Å². The minimum atomic E-state index is 0.567. The Morgan fingerprint density at radius 1 is 0.167 bits per heavy atom. The Morgan fingerprint density at radius 3 is 0.667 bits per heavy atom. The van der Waals surface area contributed by atoms with Gasteiger partial charge in [0.15, 0.2) is 0 Å². The minimum Gasteiger partial charge on any atom is -0.0587 e. The van der Waals surface area contributed by atoms with Gasteiger partial charge in [0.2, 0.25) is 0 Å². The van der Waals surface area contributed by atoms with Crippen molar-refractivity contribution in [3.05, 3.63) is 122 Å². The summed E-state index contributed by atoms with van der Waals surface area (Å²) in [5.41, 5.74) is 32.5. The van der Waals surface area contributed by atoms with E-state index in [2.05, 4.69) is 173 Å². The first kappa shape index (κ1) is 45.0. The van der Waals surface area contributed by atoms with E-state index in [1.54, 1.807) is 16.7 Å². The average molecular weight is 727 g/mol. The number of fused-ring (bicyclic) bond motifs is 2. The van der Waals surface area contributed by atoms with Gasteiger partial charge in [0.1, 0.15) is 0 Å². The van der Waals surface area contributed by atoms with Crippen LogP contribution in [0.2, 0.25) is 0 Å². The van der Waals surface area contributed by atoms with Gasteiger partial charge in [0.25, 0.3) is 0 Å². The predicted octanol–water partition coefficient (Wildman–Crippen LogP) is 16.6. The molecule has 0 aromatic heterocycles. The molecule has 0 aliphatic rings. The van der Waals surface area contributed by atoms with Crippen molar-refractivity contribution in [2.24, 2.45) is 0 Å². The molecule has 0 saturated carbocycles. The molecule has 5 rings (SSSR count). The van der Waals surface area contributed by atoms with Crippen LogP contribution < -0.4 is 0 Å². The van der Waals surface area contributed by atoms with Crippen molar-refractivity contribution in [2.45, 2.75) is 191 Å². The van der Waals surface area contributed by atoms with Crippen molar-refractivity contribution in [1.82, 2.24) is 0 Å². The van der Waals surface area contributed by atoms with Crippen LogP contribution in [0.15, 0.2) is 0 Å². The second-order valence-corrected chi connectivity index (χ2v) is 18.1. The topological polar surface area (TPSA) is 0 Å². The summed E-state index contributed by atoms with van der Waals surface area (Å²) in [6, 6.07) is 0. The van der Waals surface area contributed by atoms with E-state index in [9.17, 15) is 0 Å². The monoisotopic (exact) mass is 727 g/mol. The Balaban J connectivity index is 0.000000222. The molecule has 5 aromatic carbocycles.